The van der Waals surface area contributed by atoms with Gasteiger partial charge in [-0.1, -0.05) is 37.0 Å². The van der Waals surface area contributed by atoms with Gasteiger partial charge in [-0.05, 0) is 45.2 Å². The van der Waals surface area contributed by atoms with Crippen molar-refractivity contribution >= 4 is 17.8 Å². The molecule has 0 radical (unpaired) electrons. The maximum absolute atomic E-state index is 12.8. The number of rotatable bonds is 7. The van der Waals surface area contributed by atoms with Crippen LogP contribution in [0.4, 0.5) is 0 Å². The number of likely N-dealkylation sites (tertiary alicyclic amines) is 1. The molecule has 0 aromatic heterocycles. The Morgan fingerprint density at radius 2 is 1.94 bits per heavy atom. The van der Waals surface area contributed by atoms with Crippen LogP contribution in [0.2, 0.25) is 0 Å². The lowest BCUT2D eigenvalue weighted by atomic mass is 9.88. The molecule has 0 bridgehead atoms. The van der Waals surface area contributed by atoms with E-state index >= 15 is 0 Å². The topological polar surface area (TPSA) is 85.8 Å². The maximum atomic E-state index is 12.8. The van der Waals surface area contributed by atoms with E-state index in [4.69, 9.17) is 0 Å². The molecule has 1 aromatic rings. The number of hydrogen-bond donors (Lipinski definition) is 3. The summed E-state index contributed by atoms with van der Waals surface area (Å²) >= 11 is 0. The highest BCUT2D eigenvalue weighted by molar-refractivity contribution is 5.94. The van der Waals surface area contributed by atoms with Crippen molar-refractivity contribution in [2.24, 2.45) is 10.9 Å². The van der Waals surface area contributed by atoms with Crippen LogP contribution in [-0.4, -0.2) is 61.4 Å². The number of carbonyl (C=O) groups excluding carboxylic acids is 2. The Bertz CT molecular complexity index is 773. The van der Waals surface area contributed by atoms with Crippen molar-refractivity contribution < 1.29 is 9.59 Å². The number of guanidine groups is 1. The minimum atomic E-state index is -0.0791. The molecule has 2 fully saturated rings. The summed E-state index contributed by atoms with van der Waals surface area (Å²) in [6, 6.07) is 7.77. The second-order valence-corrected chi connectivity index (χ2v) is 8.64. The smallest absolute Gasteiger partial charge is 0.251 e. The second-order valence-electron chi connectivity index (χ2n) is 8.64. The SMILES string of the molecule is CCNC(=NCCNC(=O)c1cccc(C)c1)NC1CCN(C(=O)C2CCCCC2)C1. The predicted molar refractivity (Wildman–Crippen MR) is 124 cm³/mol. The Morgan fingerprint density at radius 3 is 2.68 bits per heavy atom. The Morgan fingerprint density at radius 1 is 1.13 bits per heavy atom. The third-order valence-electron chi connectivity index (χ3n) is 6.09. The van der Waals surface area contributed by atoms with Gasteiger partial charge in [0.1, 0.15) is 0 Å². The Kier molecular flexibility index (Phi) is 8.74. The largest absolute Gasteiger partial charge is 0.357 e. The first-order chi connectivity index (χ1) is 15.1. The zero-order valence-electron chi connectivity index (χ0n) is 19.0. The van der Waals surface area contributed by atoms with Gasteiger partial charge >= 0.3 is 0 Å². The fourth-order valence-electron chi connectivity index (χ4n) is 4.42. The van der Waals surface area contributed by atoms with E-state index < -0.39 is 0 Å². The lowest BCUT2D eigenvalue weighted by molar-refractivity contribution is -0.135. The normalized spacial score (nSPS) is 19.9. The highest BCUT2D eigenvalue weighted by atomic mass is 16.2. The molecule has 1 saturated carbocycles. The van der Waals surface area contributed by atoms with E-state index in [0.29, 0.717) is 24.6 Å². The van der Waals surface area contributed by atoms with E-state index in [1.165, 1.54) is 19.3 Å². The molecule has 2 aliphatic rings. The minimum Gasteiger partial charge on any atom is -0.357 e. The van der Waals surface area contributed by atoms with Crippen LogP contribution in [0.5, 0.6) is 0 Å². The van der Waals surface area contributed by atoms with Crippen molar-refractivity contribution in [2.75, 3.05) is 32.7 Å². The molecule has 1 aliphatic carbocycles. The number of carbonyl (C=O) groups is 2. The molecular formula is C24H37N5O2. The van der Waals surface area contributed by atoms with Crippen LogP contribution >= 0.6 is 0 Å². The highest BCUT2D eigenvalue weighted by Gasteiger charge is 2.31. The van der Waals surface area contributed by atoms with Crippen LogP contribution in [-0.2, 0) is 4.79 Å². The number of amides is 2. The standard InChI is InChI=1S/C24H37N5O2/c1-3-25-24(27-14-13-26-22(30)20-11-7-8-18(2)16-20)28-21-12-15-29(17-21)23(31)19-9-5-4-6-10-19/h7-8,11,16,19,21H,3-6,9-10,12-15,17H2,1-2H3,(H,26,30)(H2,25,27,28). The molecule has 31 heavy (non-hydrogen) atoms. The summed E-state index contributed by atoms with van der Waals surface area (Å²) in [6.45, 7) is 7.29. The zero-order chi connectivity index (χ0) is 22.1. The molecular weight excluding hydrogens is 390 g/mol. The third kappa shape index (κ3) is 6.97. The van der Waals surface area contributed by atoms with Gasteiger partial charge < -0.3 is 20.9 Å². The minimum absolute atomic E-state index is 0.0791. The van der Waals surface area contributed by atoms with Gasteiger partial charge in [0, 0.05) is 43.7 Å². The molecule has 1 aromatic carbocycles. The van der Waals surface area contributed by atoms with E-state index in [1.54, 1.807) is 0 Å². The van der Waals surface area contributed by atoms with Gasteiger partial charge in [0.05, 0.1) is 6.54 Å². The molecule has 7 nitrogen and oxygen atoms in total. The average molecular weight is 428 g/mol. The number of aryl methyl sites for hydroxylation is 1. The van der Waals surface area contributed by atoms with Gasteiger partial charge in [0.2, 0.25) is 5.91 Å². The molecule has 3 N–H and O–H groups in total. The average Bonchev–Trinajstić information content (AvgIpc) is 3.25. The van der Waals surface area contributed by atoms with Gasteiger partial charge in [-0.25, -0.2) is 0 Å². The van der Waals surface area contributed by atoms with Crippen molar-refractivity contribution in [1.29, 1.82) is 0 Å². The van der Waals surface area contributed by atoms with Crippen molar-refractivity contribution in [3.8, 4) is 0 Å². The van der Waals surface area contributed by atoms with Crippen LogP contribution in [0.25, 0.3) is 0 Å². The van der Waals surface area contributed by atoms with E-state index in [-0.39, 0.29) is 17.9 Å². The molecule has 1 unspecified atom stereocenters. The van der Waals surface area contributed by atoms with Gasteiger partial charge in [-0.3, -0.25) is 14.6 Å². The number of hydrogen-bond acceptors (Lipinski definition) is 3. The molecule has 2 amide bonds. The third-order valence-corrected chi connectivity index (χ3v) is 6.09. The van der Waals surface area contributed by atoms with Crippen molar-refractivity contribution in [2.45, 2.75) is 58.4 Å². The Hall–Kier alpha value is -2.57. The summed E-state index contributed by atoms with van der Waals surface area (Å²) in [5, 5.41) is 9.65. The zero-order valence-corrected chi connectivity index (χ0v) is 19.0. The Labute approximate surface area is 186 Å². The highest BCUT2D eigenvalue weighted by Crippen LogP contribution is 2.26. The molecule has 1 atom stereocenters. The van der Waals surface area contributed by atoms with Crippen LogP contribution in [0, 0.1) is 12.8 Å². The summed E-state index contributed by atoms with van der Waals surface area (Å²) in [4.78, 5) is 31.7. The van der Waals surface area contributed by atoms with E-state index in [2.05, 4.69) is 20.9 Å². The van der Waals surface area contributed by atoms with Crippen LogP contribution < -0.4 is 16.0 Å². The number of benzene rings is 1. The Balaban J connectivity index is 1.44. The molecule has 1 aliphatic heterocycles. The van der Waals surface area contributed by atoms with Crippen LogP contribution in [0.3, 0.4) is 0 Å². The van der Waals surface area contributed by atoms with Crippen molar-refractivity contribution in [3.05, 3.63) is 35.4 Å². The quantitative estimate of drug-likeness (QED) is 0.354. The van der Waals surface area contributed by atoms with Crippen LogP contribution in [0.1, 0.15) is 61.4 Å². The maximum Gasteiger partial charge on any atom is 0.251 e. The van der Waals surface area contributed by atoms with Crippen LogP contribution in [0.15, 0.2) is 29.3 Å². The van der Waals surface area contributed by atoms with Gasteiger partial charge in [0.15, 0.2) is 5.96 Å². The fraction of sp³-hybridized carbons (Fsp3) is 0.625. The molecule has 1 heterocycles. The van der Waals surface area contributed by atoms with E-state index in [9.17, 15) is 9.59 Å². The molecule has 1 saturated heterocycles. The van der Waals surface area contributed by atoms with Crippen molar-refractivity contribution in [1.82, 2.24) is 20.9 Å². The number of nitrogens with one attached hydrogen (secondary N) is 3. The first-order valence-corrected chi connectivity index (χ1v) is 11.8. The van der Waals surface area contributed by atoms with E-state index in [1.807, 2.05) is 43.0 Å². The van der Waals surface area contributed by atoms with Crippen molar-refractivity contribution in [3.63, 3.8) is 0 Å². The lowest BCUT2D eigenvalue weighted by Gasteiger charge is -2.26. The molecule has 3 rings (SSSR count). The molecule has 170 valence electrons. The first-order valence-electron chi connectivity index (χ1n) is 11.8. The monoisotopic (exact) mass is 427 g/mol. The molecule has 0 spiro atoms. The summed E-state index contributed by atoms with van der Waals surface area (Å²) in [5.74, 6) is 1.23. The number of nitrogens with zero attached hydrogens (tertiary/aromatic N) is 2. The summed E-state index contributed by atoms with van der Waals surface area (Å²) in [6.07, 6.45) is 6.67. The summed E-state index contributed by atoms with van der Waals surface area (Å²) in [7, 11) is 0. The van der Waals surface area contributed by atoms with Gasteiger partial charge in [-0.15, -0.1) is 0 Å². The van der Waals surface area contributed by atoms with Gasteiger partial charge in [0.25, 0.3) is 5.91 Å². The lowest BCUT2D eigenvalue weighted by Crippen LogP contribution is -2.46. The predicted octanol–water partition coefficient (Wildman–Crippen LogP) is 2.46. The van der Waals surface area contributed by atoms with Gasteiger partial charge in [-0.2, -0.15) is 0 Å². The molecule has 7 heteroatoms. The summed E-state index contributed by atoms with van der Waals surface area (Å²) in [5.41, 5.74) is 1.74. The van der Waals surface area contributed by atoms with E-state index in [0.717, 1.165) is 50.4 Å². The fourth-order valence-corrected chi connectivity index (χ4v) is 4.42. The summed E-state index contributed by atoms with van der Waals surface area (Å²) < 4.78 is 0. The first kappa shape index (κ1) is 23.1. The number of aliphatic imine (C=N–C) groups is 1. The second kappa shape index (κ2) is 11.7.